The minimum absolute atomic E-state index is 0.102. The van der Waals surface area contributed by atoms with Crippen molar-refractivity contribution < 1.29 is 19.1 Å². The Morgan fingerprint density at radius 3 is 1.85 bits per heavy atom. The second-order valence-electron chi connectivity index (χ2n) is 8.61. The van der Waals surface area contributed by atoms with Crippen LogP contribution in [0, 0.1) is 5.41 Å². The van der Waals surface area contributed by atoms with Gasteiger partial charge in [-0.05, 0) is 25.2 Å². The van der Waals surface area contributed by atoms with Crippen LogP contribution in [0.2, 0.25) is 0 Å². The predicted octanol–water partition coefficient (Wildman–Crippen LogP) is 6.21. The Morgan fingerprint density at radius 2 is 1.31 bits per heavy atom. The number of ether oxygens (including phenoxy) is 2. The maximum absolute atomic E-state index is 11.8. The zero-order valence-electron chi connectivity index (χ0n) is 17.9. The third kappa shape index (κ3) is 17.8. The highest BCUT2D eigenvalue weighted by molar-refractivity contribution is 5.77. The van der Waals surface area contributed by atoms with Crippen LogP contribution in [-0.4, -0.2) is 24.6 Å². The summed E-state index contributed by atoms with van der Waals surface area (Å²) in [5.41, 5.74) is 0.119. The Kier molecular flexibility index (Phi) is 14.4. The molecule has 0 N–H and O–H groups in total. The molecule has 26 heavy (non-hydrogen) atoms. The Hall–Kier alpha value is -1.06. The van der Waals surface area contributed by atoms with Crippen LogP contribution < -0.4 is 0 Å². The average molecular weight is 371 g/mol. The summed E-state index contributed by atoms with van der Waals surface area (Å²) in [4.78, 5) is 23.4. The molecule has 4 nitrogen and oxygen atoms in total. The van der Waals surface area contributed by atoms with Gasteiger partial charge in [0.25, 0.3) is 0 Å². The number of hydrogen-bond donors (Lipinski definition) is 0. The number of rotatable bonds is 15. The Morgan fingerprint density at radius 1 is 0.808 bits per heavy atom. The highest BCUT2D eigenvalue weighted by atomic mass is 16.5. The van der Waals surface area contributed by atoms with Crippen molar-refractivity contribution in [3.63, 3.8) is 0 Å². The fourth-order valence-corrected chi connectivity index (χ4v) is 3.06. The molecule has 0 saturated carbocycles. The molecule has 0 aromatic carbocycles. The maximum Gasteiger partial charge on any atom is 0.306 e. The van der Waals surface area contributed by atoms with E-state index < -0.39 is 0 Å². The molecule has 0 spiro atoms. The van der Waals surface area contributed by atoms with Crippen molar-refractivity contribution in [3.05, 3.63) is 0 Å². The molecule has 0 heterocycles. The SMILES string of the molecule is CCCCCCCCCCCOC(=O)CCC(=O)OC(C)CC(C)(C)C. The summed E-state index contributed by atoms with van der Waals surface area (Å²) in [6, 6.07) is 0. The molecule has 0 saturated heterocycles. The molecule has 0 aliphatic heterocycles. The van der Waals surface area contributed by atoms with Crippen molar-refractivity contribution >= 4 is 11.9 Å². The second-order valence-corrected chi connectivity index (χ2v) is 8.61. The Labute approximate surface area is 161 Å². The normalized spacial score (nSPS) is 12.7. The van der Waals surface area contributed by atoms with E-state index in [1.165, 1.54) is 44.9 Å². The topological polar surface area (TPSA) is 52.6 Å². The number of hydrogen-bond acceptors (Lipinski definition) is 4. The molecule has 0 aliphatic carbocycles. The van der Waals surface area contributed by atoms with Crippen LogP contribution in [0.5, 0.6) is 0 Å². The highest BCUT2D eigenvalue weighted by Crippen LogP contribution is 2.22. The van der Waals surface area contributed by atoms with Crippen LogP contribution in [-0.2, 0) is 19.1 Å². The number of unbranched alkanes of at least 4 members (excludes halogenated alkanes) is 8. The Bertz CT molecular complexity index is 371. The first-order valence-electron chi connectivity index (χ1n) is 10.6. The standard InChI is InChI=1S/C22H42O4/c1-6-7-8-9-10-11-12-13-14-17-25-20(23)15-16-21(24)26-19(2)18-22(3,4)5/h19H,6-18H2,1-5H3. The molecule has 0 amide bonds. The van der Waals surface area contributed by atoms with Crippen LogP contribution in [0.25, 0.3) is 0 Å². The van der Waals surface area contributed by atoms with Crippen molar-refractivity contribution in [1.82, 2.24) is 0 Å². The van der Waals surface area contributed by atoms with Crippen molar-refractivity contribution in [1.29, 1.82) is 0 Å². The number of esters is 2. The monoisotopic (exact) mass is 370 g/mol. The molecular formula is C22H42O4. The van der Waals surface area contributed by atoms with Crippen LogP contribution in [0.1, 0.15) is 112 Å². The minimum Gasteiger partial charge on any atom is -0.466 e. The summed E-state index contributed by atoms with van der Waals surface area (Å²) < 4.78 is 10.5. The summed E-state index contributed by atoms with van der Waals surface area (Å²) in [7, 11) is 0. The van der Waals surface area contributed by atoms with Gasteiger partial charge in [0.15, 0.2) is 0 Å². The van der Waals surface area contributed by atoms with Gasteiger partial charge in [0.1, 0.15) is 0 Å². The van der Waals surface area contributed by atoms with Gasteiger partial charge in [-0.25, -0.2) is 0 Å². The fourth-order valence-electron chi connectivity index (χ4n) is 3.06. The first-order chi connectivity index (χ1) is 12.2. The van der Waals surface area contributed by atoms with Crippen LogP contribution in [0.15, 0.2) is 0 Å². The molecule has 0 rings (SSSR count). The first-order valence-corrected chi connectivity index (χ1v) is 10.6. The van der Waals surface area contributed by atoms with Gasteiger partial charge in [-0.2, -0.15) is 0 Å². The van der Waals surface area contributed by atoms with E-state index >= 15 is 0 Å². The van der Waals surface area contributed by atoms with E-state index in [0.717, 1.165) is 19.3 Å². The van der Waals surface area contributed by atoms with Crippen LogP contribution in [0.3, 0.4) is 0 Å². The van der Waals surface area contributed by atoms with E-state index in [1.54, 1.807) is 0 Å². The van der Waals surface area contributed by atoms with E-state index in [4.69, 9.17) is 9.47 Å². The van der Waals surface area contributed by atoms with E-state index in [9.17, 15) is 9.59 Å². The smallest absolute Gasteiger partial charge is 0.306 e. The first kappa shape index (κ1) is 24.9. The summed E-state index contributed by atoms with van der Waals surface area (Å²) in [6.07, 6.45) is 12.0. The lowest BCUT2D eigenvalue weighted by Crippen LogP contribution is -2.21. The van der Waals surface area contributed by atoms with Gasteiger partial charge >= 0.3 is 11.9 Å². The molecule has 0 aromatic heterocycles. The maximum atomic E-state index is 11.8. The van der Waals surface area contributed by atoms with Crippen molar-refractivity contribution in [2.45, 2.75) is 118 Å². The molecule has 0 fully saturated rings. The lowest BCUT2D eigenvalue weighted by atomic mass is 9.90. The molecular weight excluding hydrogens is 328 g/mol. The van der Waals surface area contributed by atoms with Gasteiger partial charge < -0.3 is 9.47 Å². The summed E-state index contributed by atoms with van der Waals surface area (Å²) in [5.74, 6) is -0.619. The van der Waals surface area contributed by atoms with Gasteiger partial charge in [-0.15, -0.1) is 0 Å². The van der Waals surface area contributed by atoms with E-state index in [0.29, 0.717) is 6.61 Å². The third-order valence-corrected chi connectivity index (χ3v) is 4.28. The minimum atomic E-state index is -0.318. The molecule has 0 bridgehead atoms. The highest BCUT2D eigenvalue weighted by Gasteiger charge is 2.19. The van der Waals surface area contributed by atoms with Gasteiger partial charge in [0, 0.05) is 0 Å². The summed E-state index contributed by atoms with van der Waals surface area (Å²) in [5, 5.41) is 0. The molecule has 1 unspecified atom stereocenters. The average Bonchev–Trinajstić information content (AvgIpc) is 2.52. The van der Waals surface area contributed by atoms with E-state index in [1.807, 2.05) is 6.92 Å². The quantitative estimate of drug-likeness (QED) is 0.254. The largest absolute Gasteiger partial charge is 0.466 e. The molecule has 0 aliphatic rings. The number of carbonyl (C=O) groups excluding carboxylic acids is 2. The van der Waals surface area contributed by atoms with E-state index in [2.05, 4.69) is 27.7 Å². The zero-order valence-corrected chi connectivity index (χ0v) is 17.9. The fraction of sp³-hybridized carbons (Fsp3) is 0.909. The molecule has 0 aromatic rings. The van der Waals surface area contributed by atoms with Crippen molar-refractivity contribution in [2.75, 3.05) is 6.61 Å². The van der Waals surface area contributed by atoms with Gasteiger partial charge in [-0.3, -0.25) is 9.59 Å². The van der Waals surface area contributed by atoms with Crippen LogP contribution >= 0.6 is 0 Å². The van der Waals surface area contributed by atoms with Crippen molar-refractivity contribution in [3.8, 4) is 0 Å². The lowest BCUT2D eigenvalue weighted by Gasteiger charge is -2.23. The van der Waals surface area contributed by atoms with Gasteiger partial charge in [-0.1, -0.05) is 79.1 Å². The second kappa shape index (κ2) is 15.0. The summed E-state index contributed by atoms with van der Waals surface area (Å²) >= 11 is 0. The zero-order chi connectivity index (χ0) is 19.8. The van der Waals surface area contributed by atoms with Crippen molar-refractivity contribution in [2.24, 2.45) is 5.41 Å². The van der Waals surface area contributed by atoms with E-state index in [-0.39, 0.29) is 36.3 Å². The molecule has 4 heteroatoms. The predicted molar refractivity (Wildman–Crippen MR) is 107 cm³/mol. The summed E-state index contributed by atoms with van der Waals surface area (Å²) in [6.45, 7) is 10.9. The Balaban J connectivity index is 3.53. The third-order valence-electron chi connectivity index (χ3n) is 4.28. The lowest BCUT2D eigenvalue weighted by molar-refractivity contribution is -0.154. The number of carbonyl (C=O) groups is 2. The van der Waals surface area contributed by atoms with Gasteiger partial charge in [0.2, 0.25) is 0 Å². The molecule has 1 atom stereocenters. The van der Waals surface area contributed by atoms with Crippen LogP contribution in [0.4, 0.5) is 0 Å². The molecule has 0 radical (unpaired) electrons. The molecule has 154 valence electrons. The van der Waals surface area contributed by atoms with Gasteiger partial charge in [0.05, 0.1) is 25.6 Å².